The van der Waals surface area contributed by atoms with Crippen LogP contribution in [0.5, 0.6) is 0 Å². The van der Waals surface area contributed by atoms with Gasteiger partial charge in [-0.1, -0.05) is 0 Å². The monoisotopic (exact) mass is 752 g/mol. The van der Waals surface area contributed by atoms with Gasteiger partial charge in [-0.3, -0.25) is 48.1 Å². The lowest BCUT2D eigenvalue weighted by Gasteiger charge is -2.26. The third-order valence-corrected chi connectivity index (χ3v) is 8.59. The Kier molecular flexibility index (Phi) is 17.4. The Morgan fingerprint density at radius 2 is 1.25 bits per heavy atom. The molecule has 0 aromatic carbocycles. The molecule has 0 aliphatic carbocycles. The van der Waals surface area contributed by atoms with Crippen molar-refractivity contribution in [3.05, 3.63) is 0 Å². The van der Waals surface area contributed by atoms with E-state index >= 15 is 0 Å². The minimum Gasteiger partial charge on any atom is -0.480 e. The lowest BCUT2D eigenvalue weighted by Crippen LogP contribution is -2.56. The quantitative estimate of drug-likeness (QED) is 0.0335. The van der Waals surface area contributed by atoms with E-state index in [1.54, 1.807) is 0 Å². The summed E-state index contributed by atoms with van der Waals surface area (Å²) in [6, 6.07) is -6.26. The van der Waals surface area contributed by atoms with Gasteiger partial charge in [-0.2, -0.15) is 0 Å². The van der Waals surface area contributed by atoms with Crippen molar-refractivity contribution in [1.82, 2.24) is 41.7 Å². The molecule has 0 spiro atoms. The van der Waals surface area contributed by atoms with Crippen LogP contribution in [0.15, 0.2) is 4.99 Å². The van der Waals surface area contributed by atoms with Gasteiger partial charge in [-0.05, 0) is 59.3 Å². The van der Waals surface area contributed by atoms with Crippen LogP contribution in [-0.4, -0.2) is 150 Å². The predicted molar refractivity (Wildman–Crippen MR) is 187 cm³/mol. The maximum Gasteiger partial charge on any atom is 0.325 e. The molecule has 0 aromatic rings. The van der Waals surface area contributed by atoms with Crippen LogP contribution in [0, 0.1) is 0 Å². The third kappa shape index (κ3) is 13.8. The highest BCUT2D eigenvalue weighted by atomic mass is 16.4. The highest BCUT2D eigenvalue weighted by molar-refractivity contribution is 5.96. The minimum atomic E-state index is -1.24. The Morgan fingerprint density at radius 1 is 0.717 bits per heavy atom. The average molecular weight is 753 g/mol. The maximum atomic E-state index is 13.2. The molecule has 22 heteroatoms. The molecule has 0 bridgehead atoms. The predicted octanol–water partition coefficient (Wildman–Crippen LogP) is -5.70. The molecular formula is C31H52N12O10. The number of likely N-dealkylation sites (tertiary alicyclic amines) is 2. The minimum absolute atomic E-state index is 0.0314. The molecule has 2 aliphatic rings. The molecule has 0 saturated carbocycles. The molecule has 2 aliphatic heterocycles. The van der Waals surface area contributed by atoms with Crippen LogP contribution >= 0.6 is 0 Å². The summed E-state index contributed by atoms with van der Waals surface area (Å²) in [6.45, 7) is 3.43. The van der Waals surface area contributed by atoms with Crippen LogP contribution in [0.1, 0.15) is 59.3 Å². The first-order chi connectivity index (χ1) is 25.0. The number of carbonyl (C=O) groups is 9. The van der Waals surface area contributed by atoms with Crippen molar-refractivity contribution in [3.8, 4) is 0 Å². The van der Waals surface area contributed by atoms with Crippen molar-refractivity contribution in [2.24, 2.45) is 22.2 Å². The van der Waals surface area contributed by atoms with Gasteiger partial charge in [0.2, 0.25) is 47.3 Å². The SMILES string of the molecule is CC(NC(=O)C1CCCN1C(=O)CNC(=O)C(CCCN=C(N)N)NC(=O)C(C)NC(=O)CNC(=O)C(C)NC(=O)C1CCCN1C(=O)CN)C(=O)O. The normalized spacial score (nSPS) is 18.7. The molecule has 8 amide bonds. The van der Waals surface area contributed by atoms with Crippen molar-refractivity contribution in [2.75, 3.05) is 39.3 Å². The van der Waals surface area contributed by atoms with Crippen LogP contribution in [-0.2, 0) is 43.2 Å². The van der Waals surface area contributed by atoms with E-state index in [1.165, 1.54) is 30.6 Å². The first kappa shape index (κ1) is 43.6. The van der Waals surface area contributed by atoms with Gasteiger partial charge in [0.15, 0.2) is 5.96 Å². The molecule has 2 fully saturated rings. The van der Waals surface area contributed by atoms with Crippen LogP contribution < -0.4 is 49.1 Å². The molecule has 6 atom stereocenters. The van der Waals surface area contributed by atoms with Gasteiger partial charge in [0.1, 0.15) is 36.3 Å². The molecule has 0 aromatic heterocycles. The number of rotatable bonds is 19. The average Bonchev–Trinajstić information content (AvgIpc) is 3.81. The zero-order chi connectivity index (χ0) is 39.8. The topological polar surface area (TPSA) is 343 Å². The van der Waals surface area contributed by atoms with E-state index in [0.29, 0.717) is 32.2 Å². The van der Waals surface area contributed by atoms with E-state index in [9.17, 15) is 43.2 Å². The summed E-state index contributed by atoms with van der Waals surface area (Å²) in [6.07, 6.45) is 2.10. The number of guanidine groups is 1. The lowest BCUT2D eigenvalue weighted by atomic mass is 10.1. The summed E-state index contributed by atoms with van der Waals surface area (Å²) in [5.74, 6) is -6.51. The Labute approximate surface area is 306 Å². The van der Waals surface area contributed by atoms with Crippen molar-refractivity contribution in [1.29, 1.82) is 0 Å². The second kappa shape index (κ2) is 21.1. The van der Waals surface area contributed by atoms with Gasteiger partial charge >= 0.3 is 5.97 Å². The molecule has 22 nitrogen and oxygen atoms in total. The van der Waals surface area contributed by atoms with E-state index < -0.39 is 96.7 Å². The van der Waals surface area contributed by atoms with Crippen molar-refractivity contribution in [3.63, 3.8) is 0 Å². The number of nitrogens with zero attached hydrogens (tertiary/aromatic N) is 3. The van der Waals surface area contributed by atoms with E-state index in [2.05, 4.69) is 36.9 Å². The number of amides is 8. The highest BCUT2D eigenvalue weighted by Gasteiger charge is 2.36. The van der Waals surface area contributed by atoms with Crippen LogP contribution in [0.3, 0.4) is 0 Å². The molecule has 53 heavy (non-hydrogen) atoms. The molecule has 6 unspecified atom stereocenters. The number of carboxylic acid groups (broad SMARTS) is 1. The summed E-state index contributed by atoms with van der Waals surface area (Å²) in [5.41, 5.74) is 16.1. The van der Waals surface area contributed by atoms with Crippen LogP contribution in [0.2, 0.25) is 0 Å². The number of carbonyl (C=O) groups excluding carboxylic acids is 8. The van der Waals surface area contributed by atoms with Crippen molar-refractivity contribution in [2.45, 2.75) is 95.5 Å². The first-order valence-electron chi connectivity index (χ1n) is 17.3. The Bertz CT molecular complexity index is 1420. The standard InChI is InChI=1S/C31H52N12O10/c1-16(39-28(50)20-8-5-11-42(20)23(45)13-32)25(47)36-14-22(44)38-17(2)26(48)41-19(7-4-10-35-31(33)34)27(49)37-15-24(46)43-12-6-9-21(43)29(51)40-18(3)30(52)53/h16-21H,4-15,32H2,1-3H3,(H,36,47)(H,37,49)(H,38,44)(H,39,50)(H,40,51)(H,41,48)(H,52,53)(H4,33,34,35). The van der Waals surface area contributed by atoms with Gasteiger partial charge in [-0.15, -0.1) is 0 Å². The van der Waals surface area contributed by atoms with E-state index in [1.807, 2.05) is 0 Å². The summed E-state index contributed by atoms with van der Waals surface area (Å²) < 4.78 is 0. The first-order valence-corrected chi connectivity index (χ1v) is 17.3. The number of hydrogen-bond donors (Lipinski definition) is 10. The van der Waals surface area contributed by atoms with Crippen molar-refractivity contribution >= 4 is 59.2 Å². The smallest absolute Gasteiger partial charge is 0.325 e. The zero-order valence-electron chi connectivity index (χ0n) is 30.1. The van der Waals surface area contributed by atoms with Gasteiger partial charge in [-0.25, -0.2) is 0 Å². The number of aliphatic carboxylic acids is 1. The van der Waals surface area contributed by atoms with E-state index in [0.717, 1.165) is 0 Å². The molecular weight excluding hydrogens is 700 g/mol. The summed E-state index contributed by atoms with van der Waals surface area (Å²) in [7, 11) is 0. The second-order valence-corrected chi connectivity index (χ2v) is 12.7. The Morgan fingerprint density at radius 3 is 1.79 bits per heavy atom. The highest BCUT2D eigenvalue weighted by Crippen LogP contribution is 2.18. The zero-order valence-corrected chi connectivity index (χ0v) is 30.1. The molecule has 2 rings (SSSR count). The molecule has 296 valence electrons. The number of aliphatic imine (C=N–C) groups is 1. The number of carboxylic acids is 1. The summed E-state index contributed by atoms with van der Waals surface area (Å²) >= 11 is 0. The Hall–Kier alpha value is -5.54. The van der Waals surface area contributed by atoms with Gasteiger partial charge in [0, 0.05) is 19.6 Å². The fraction of sp³-hybridized carbons (Fsp3) is 0.677. The number of nitrogens with one attached hydrogen (secondary N) is 6. The van der Waals surface area contributed by atoms with Gasteiger partial charge in [0.25, 0.3) is 0 Å². The second-order valence-electron chi connectivity index (χ2n) is 12.7. The summed E-state index contributed by atoms with van der Waals surface area (Å²) in [5, 5.41) is 23.7. The molecule has 2 saturated heterocycles. The maximum absolute atomic E-state index is 13.2. The van der Waals surface area contributed by atoms with Gasteiger partial charge < -0.3 is 64.0 Å². The number of hydrogen-bond acceptors (Lipinski definition) is 11. The van der Waals surface area contributed by atoms with E-state index in [-0.39, 0.29) is 44.3 Å². The molecule has 0 radical (unpaired) electrons. The fourth-order valence-electron chi connectivity index (χ4n) is 5.67. The van der Waals surface area contributed by atoms with Gasteiger partial charge in [0.05, 0.1) is 19.6 Å². The molecule has 13 N–H and O–H groups in total. The number of nitrogens with two attached hydrogens (primary N) is 3. The van der Waals surface area contributed by atoms with Crippen molar-refractivity contribution < 1.29 is 48.3 Å². The van der Waals surface area contributed by atoms with Crippen LogP contribution in [0.25, 0.3) is 0 Å². The molecule has 2 heterocycles. The lowest BCUT2D eigenvalue weighted by molar-refractivity contribution is -0.143. The third-order valence-electron chi connectivity index (χ3n) is 8.59. The fourth-order valence-corrected chi connectivity index (χ4v) is 5.67. The largest absolute Gasteiger partial charge is 0.480 e. The van der Waals surface area contributed by atoms with Crippen LogP contribution in [0.4, 0.5) is 0 Å². The Balaban J connectivity index is 1.92. The van der Waals surface area contributed by atoms with E-state index in [4.69, 9.17) is 22.3 Å². The summed E-state index contributed by atoms with van der Waals surface area (Å²) in [4.78, 5) is 119.